The number of rotatable bonds is 6. The zero-order chi connectivity index (χ0) is 38.9. The zero-order valence-electron chi connectivity index (χ0n) is 31.8. The minimum absolute atomic E-state index is 0.696. The first-order valence-electron chi connectivity index (χ1n) is 19.9. The van der Waals surface area contributed by atoms with Gasteiger partial charge in [-0.1, -0.05) is 127 Å². The van der Waals surface area contributed by atoms with E-state index < -0.39 is 0 Å². The van der Waals surface area contributed by atoms with Crippen molar-refractivity contribution in [3.63, 3.8) is 0 Å². The Morgan fingerprint density at radius 1 is 0.339 bits per heavy atom. The number of para-hydroxylation sites is 3. The summed E-state index contributed by atoms with van der Waals surface area (Å²) in [6.45, 7) is 0. The molecule has 8 aromatic carbocycles. The van der Waals surface area contributed by atoms with E-state index in [1.807, 2.05) is 54.6 Å². The number of hydrogen-bond acceptors (Lipinski definition) is 3. The summed E-state index contributed by atoms with van der Waals surface area (Å²) in [7, 11) is 0. The third-order valence-corrected chi connectivity index (χ3v) is 11.6. The summed E-state index contributed by atoms with van der Waals surface area (Å²) in [4.78, 5) is 10.1. The lowest BCUT2D eigenvalue weighted by Gasteiger charge is -2.11. The molecule has 0 bridgehead atoms. The number of benzene rings is 8. The molecule has 0 fully saturated rings. The zero-order valence-corrected chi connectivity index (χ0v) is 31.8. The van der Waals surface area contributed by atoms with Gasteiger partial charge in [0.15, 0.2) is 5.82 Å². The van der Waals surface area contributed by atoms with Gasteiger partial charge in [-0.3, -0.25) is 4.57 Å². The molecule has 12 rings (SSSR count). The second-order valence-corrected chi connectivity index (χ2v) is 15.0. The van der Waals surface area contributed by atoms with Crippen LogP contribution in [0.1, 0.15) is 0 Å². The predicted octanol–water partition coefficient (Wildman–Crippen LogP) is 14.1. The third-order valence-electron chi connectivity index (χ3n) is 11.6. The smallest absolute Gasteiger partial charge is 0.205 e. The summed E-state index contributed by atoms with van der Waals surface area (Å²) in [5, 5.41) is 5.89. The highest BCUT2D eigenvalue weighted by molar-refractivity contribution is 6.12. The highest BCUT2D eigenvalue weighted by Crippen LogP contribution is 2.39. The Hall–Kier alpha value is -8.02. The summed E-state index contributed by atoms with van der Waals surface area (Å²) in [5.41, 5.74) is 13.7. The van der Waals surface area contributed by atoms with Crippen LogP contribution in [0.5, 0.6) is 0 Å². The van der Waals surface area contributed by atoms with Gasteiger partial charge in [0.05, 0.1) is 33.5 Å². The van der Waals surface area contributed by atoms with Gasteiger partial charge in [-0.25, -0.2) is 9.97 Å². The van der Waals surface area contributed by atoms with Crippen LogP contribution in [0, 0.1) is 0 Å². The molecule has 0 aliphatic heterocycles. The van der Waals surface area contributed by atoms with E-state index in [0.29, 0.717) is 5.82 Å². The molecule has 0 unspecified atom stereocenters. The van der Waals surface area contributed by atoms with Crippen molar-refractivity contribution in [1.82, 2.24) is 19.1 Å². The number of nitrogens with zero attached hydrogens (tertiary/aromatic N) is 4. The maximum atomic E-state index is 6.40. The first kappa shape index (κ1) is 33.2. The molecule has 4 aromatic heterocycles. The lowest BCUT2D eigenvalue weighted by atomic mass is 10.0. The third kappa shape index (κ3) is 5.47. The van der Waals surface area contributed by atoms with Crippen molar-refractivity contribution >= 4 is 54.6 Å². The standard InChI is InChI=1S/C54H34N4O/c1-3-13-35(14-4-1)46-34-47(36-15-5-2-6-16-36)56-54(55-46)37-23-27-41(28-24-37)57-48-20-10-8-18-42(48)44-31-38(25-29-50(44)57)39-26-30-51-45(32-39)43-19-9-11-21-49(43)58(51)53-33-40-17-7-12-22-52(40)59-53/h1-34H. The summed E-state index contributed by atoms with van der Waals surface area (Å²) < 4.78 is 11.0. The van der Waals surface area contributed by atoms with Crippen molar-refractivity contribution in [3.8, 4) is 56.6 Å². The van der Waals surface area contributed by atoms with Crippen LogP contribution in [-0.4, -0.2) is 19.1 Å². The average molecular weight is 755 g/mol. The van der Waals surface area contributed by atoms with E-state index in [1.54, 1.807) is 0 Å². The van der Waals surface area contributed by atoms with Crippen LogP contribution < -0.4 is 0 Å². The van der Waals surface area contributed by atoms with E-state index in [-0.39, 0.29) is 0 Å². The summed E-state index contributed by atoms with van der Waals surface area (Å²) in [5.74, 6) is 1.51. The van der Waals surface area contributed by atoms with E-state index in [9.17, 15) is 0 Å². The SMILES string of the molecule is c1ccc(-c2cc(-c3ccccc3)nc(-c3ccc(-n4c5ccccc5c5cc(-c6ccc7c(c6)c6ccccc6n7-c6cc7ccccc7o6)ccc54)cc3)n2)cc1. The number of hydrogen-bond donors (Lipinski definition) is 0. The first-order chi connectivity index (χ1) is 29.2. The Morgan fingerprint density at radius 3 is 1.44 bits per heavy atom. The van der Waals surface area contributed by atoms with Gasteiger partial charge in [0.25, 0.3) is 0 Å². The second-order valence-electron chi connectivity index (χ2n) is 15.0. The van der Waals surface area contributed by atoms with Crippen molar-refractivity contribution in [3.05, 3.63) is 206 Å². The first-order valence-corrected chi connectivity index (χ1v) is 19.9. The van der Waals surface area contributed by atoms with Gasteiger partial charge in [0.2, 0.25) is 5.88 Å². The van der Waals surface area contributed by atoms with E-state index in [0.717, 1.165) is 72.7 Å². The van der Waals surface area contributed by atoms with E-state index in [1.165, 1.54) is 32.7 Å². The van der Waals surface area contributed by atoms with Crippen molar-refractivity contribution in [1.29, 1.82) is 0 Å². The largest absolute Gasteiger partial charge is 0.440 e. The topological polar surface area (TPSA) is 48.8 Å². The van der Waals surface area contributed by atoms with Gasteiger partial charge in [-0.05, 0) is 83.9 Å². The molecule has 0 saturated heterocycles. The van der Waals surface area contributed by atoms with Crippen LogP contribution in [0.3, 0.4) is 0 Å². The minimum Gasteiger partial charge on any atom is -0.440 e. The maximum Gasteiger partial charge on any atom is 0.205 e. The molecule has 0 aliphatic carbocycles. The minimum atomic E-state index is 0.696. The molecule has 5 nitrogen and oxygen atoms in total. The van der Waals surface area contributed by atoms with E-state index in [2.05, 4.69) is 161 Å². The van der Waals surface area contributed by atoms with Crippen LogP contribution in [0.25, 0.3) is 111 Å². The molecular formula is C54H34N4O. The Balaban J connectivity index is 0.952. The van der Waals surface area contributed by atoms with Gasteiger partial charge < -0.3 is 8.98 Å². The van der Waals surface area contributed by atoms with Gasteiger partial charge in [-0.15, -0.1) is 0 Å². The molecule has 0 saturated carbocycles. The van der Waals surface area contributed by atoms with Crippen LogP contribution in [0.2, 0.25) is 0 Å². The monoisotopic (exact) mass is 754 g/mol. The fourth-order valence-corrected chi connectivity index (χ4v) is 8.75. The van der Waals surface area contributed by atoms with E-state index in [4.69, 9.17) is 14.4 Å². The fourth-order valence-electron chi connectivity index (χ4n) is 8.75. The summed E-state index contributed by atoms with van der Waals surface area (Å²) in [6.07, 6.45) is 0. The lowest BCUT2D eigenvalue weighted by Crippen LogP contribution is -1.97. The maximum absolute atomic E-state index is 6.40. The molecular weight excluding hydrogens is 721 g/mol. The van der Waals surface area contributed by atoms with Gasteiger partial charge in [0.1, 0.15) is 5.58 Å². The summed E-state index contributed by atoms with van der Waals surface area (Å²) in [6, 6.07) is 72.6. The molecule has 0 radical (unpaired) electrons. The average Bonchev–Trinajstić information content (AvgIpc) is 3.99. The lowest BCUT2D eigenvalue weighted by molar-refractivity contribution is 0.590. The van der Waals surface area contributed by atoms with Crippen LogP contribution in [-0.2, 0) is 0 Å². The number of furan rings is 1. The highest BCUT2D eigenvalue weighted by atomic mass is 16.4. The normalized spacial score (nSPS) is 11.7. The molecule has 59 heavy (non-hydrogen) atoms. The van der Waals surface area contributed by atoms with Crippen LogP contribution in [0.4, 0.5) is 0 Å². The molecule has 0 N–H and O–H groups in total. The van der Waals surface area contributed by atoms with Crippen molar-refractivity contribution < 1.29 is 4.42 Å². The molecule has 5 heteroatoms. The van der Waals surface area contributed by atoms with Crippen LogP contribution in [0.15, 0.2) is 211 Å². The Kier molecular flexibility index (Phi) is 7.47. The molecule has 12 aromatic rings. The fraction of sp³-hybridized carbons (Fsp3) is 0. The Bertz CT molecular complexity index is 3450. The van der Waals surface area contributed by atoms with Gasteiger partial charge in [-0.2, -0.15) is 0 Å². The second kappa shape index (κ2) is 13.3. The highest BCUT2D eigenvalue weighted by Gasteiger charge is 2.18. The predicted molar refractivity (Wildman–Crippen MR) is 242 cm³/mol. The molecule has 0 spiro atoms. The molecule has 0 aliphatic rings. The van der Waals surface area contributed by atoms with E-state index >= 15 is 0 Å². The summed E-state index contributed by atoms with van der Waals surface area (Å²) >= 11 is 0. The Morgan fingerprint density at radius 2 is 0.831 bits per heavy atom. The van der Waals surface area contributed by atoms with Crippen LogP contribution >= 0.6 is 0 Å². The molecule has 4 heterocycles. The quantitative estimate of drug-likeness (QED) is 0.170. The van der Waals surface area contributed by atoms with Gasteiger partial charge >= 0.3 is 0 Å². The van der Waals surface area contributed by atoms with Crippen molar-refractivity contribution in [2.45, 2.75) is 0 Å². The molecule has 0 atom stereocenters. The number of fused-ring (bicyclic) bond motifs is 7. The molecule has 0 amide bonds. The molecule has 276 valence electrons. The van der Waals surface area contributed by atoms with Crippen molar-refractivity contribution in [2.75, 3.05) is 0 Å². The van der Waals surface area contributed by atoms with Gasteiger partial charge in [0, 0.05) is 55.4 Å². The van der Waals surface area contributed by atoms with Crippen molar-refractivity contribution in [2.24, 2.45) is 0 Å². The number of aromatic nitrogens is 4. The Labute approximate surface area is 339 Å².